The van der Waals surface area contributed by atoms with E-state index in [1.807, 2.05) is 19.1 Å². The van der Waals surface area contributed by atoms with Gasteiger partial charge in [-0.3, -0.25) is 10.1 Å². The van der Waals surface area contributed by atoms with E-state index in [0.29, 0.717) is 16.7 Å². The molecule has 0 fully saturated rings. The molecule has 146 valence electrons. The van der Waals surface area contributed by atoms with E-state index in [9.17, 15) is 18.5 Å². The van der Waals surface area contributed by atoms with Crippen LogP contribution in [0.4, 0.5) is 5.69 Å². The standard InChI is InChI=1S/C19H14N4O5S/c1-13-6-11-19(18(12-13)22-20-16-4-2-3-5-17(16)21-22)28-29(26,27)15-9-7-14(8-10-15)23(24)25/h2-12H,1H3. The number of nitrogens with zero attached hydrogens (tertiary/aromatic N) is 4. The first kappa shape index (κ1) is 18.6. The van der Waals surface area contributed by atoms with E-state index in [1.54, 1.807) is 24.3 Å². The third-order valence-electron chi connectivity index (χ3n) is 4.15. The number of nitro benzene ring substituents is 1. The molecule has 0 aliphatic carbocycles. The SMILES string of the molecule is Cc1ccc(OS(=O)(=O)c2ccc([N+](=O)[O-])cc2)c(-n2nc3ccccc3n2)c1. The number of aromatic nitrogens is 3. The van der Waals surface area contributed by atoms with Crippen LogP contribution in [-0.2, 0) is 10.1 Å². The fraction of sp³-hybridized carbons (Fsp3) is 0.0526. The molecule has 0 saturated heterocycles. The smallest absolute Gasteiger partial charge is 0.339 e. The highest BCUT2D eigenvalue weighted by Gasteiger charge is 2.21. The summed E-state index contributed by atoms with van der Waals surface area (Å²) < 4.78 is 30.7. The number of benzene rings is 3. The number of hydrogen-bond acceptors (Lipinski definition) is 7. The molecule has 10 heteroatoms. The summed E-state index contributed by atoms with van der Waals surface area (Å²) in [5, 5.41) is 19.5. The quantitative estimate of drug-likeness (QED) is 0.281. The first-order valence-corrected chi connectivity index (χ1v) is 9.86. The van der Waals surface area contributed by atoms with Crippen LogP contribution in [0.25, 0.3) is 16.7 Å². The maximum absolute atomic E-state index is 12.7. The molecule has 0 unspecified atom stereocenters. The monoisotopic (exact) mass is 410 g/mol. The summed E-state index contributed by atoms with van der Waals surface area (Å²) in [6.07, 6.45) is 0. The number of non-ortho nitro benzene ring substituents is 1. The number of hydrogen-bond donors (Lipinski definition) is 0. The van der Waals surface area contributed by atoms with E-state index in [2.05, 4.69) is 10.2 Å². The summed E-state index contributed by atoms with van der Waals surface area (Å²) in [5.41, 5.74) is 2.30. The number of fused-ring (bicyclic) bond motifs is 1. The molecule has 1 aromatic heterocycles. The zero-order valence-corrected chi connectivity index (χ0v) is 15.9. The largest absolute Gasteiger partial charge is 0.377 e. The number of aryl methyl sites for hydroxylation is 1. The lowest BCUT2D eigenvalue weighted by Gasteiger charge is -2.11. The molecule has 4 rings (SSSR count). The zero-order chi connectivity index (χ0) is 20.6. The van der Waals surface area contributed by atoms with Crippen molar-refractivity contribution in [3.8, 4) is 11.4 Å². The third kappa shape index (κ3) is 3.65. The maximum atomic E-state index is 12.7. The Morgan fingerprint density at radius 2 is 1.59 bits per heavy atom. The second kappa shape index (κ2) is 6.99. The molecule has 1 heterocycles. The fourth-order valence-electron chi connectivity index (χ4n) is 2.72. The summed E-state index contributed by atoms with van der Waals surface area (Å²) >= 11 is 0. The van der Waals surface area contributed by atoms with Crippen molar-refractivity contribution < 1.29 is 17.5 Å². The Morgan fingerprint density at radius 3 is 2.17 bits per heavy atom. The van der Waals surface area contributed by atoms with Crippen molar-refractivity contribution >= 4 is 26.8 Å². The molecular weight excluding hydrogens is 396 g/mol. The molecule has 0 saturated carbocycles. The van der Waals surface area contributed by atoms with E-state index in [4.69, 9.17) is 4.18 Å². The highest BCUT2D eigenvalue weighted by Crippen LogP contribution is 2.28. The molecule has 0 atom stereocenters. The van der Waals surface area contributed by atoms with Gasteiger partial charge in [-0.25, -0.2) is 0 Å². The van der Waals surface area contributed by atoms with Gasteiger partial charge in [0.05, 0.1) is 4.92 Å². The molecule has 4 aromatic rings. The molecule has 0 spiro atoms. The van der Waals surface area contributed by atoms with Gasteiger partial charge in [0.25, 0.3) is 5.69 Å². The second-order valence-electron chi connectivity index (χ2n) is 6.24. The van der Waals surface area contributed by atoms with Gasteiger partial charge in [0.1, 0.15) is 21.6 Å². The van der Waals surface area contributed by atoms with E-state index in [0.717, 1.165) is 29.8 Å². The lowest BCUT2D eigenvalue weighted by Crippen LogP contribution is -2.12. The topological polar surface area (TPSA) is 117 Å². The van der Waals surface area contributed by atoms with Crippen LogP contribution in [0, 0.1) is 17.0 Å². The highest BCUT2D eigenvalue weighted by atomic mass is 32.2. The first-order valence-electron chi connectivity index (χ1n) is 8.45. The first-order chi connectivity index (χ1) is 13.8. The fourth-order valence-corrected chi connectivity index (χ4v) is 3.67. The summed E-state index contributed by atoms with van der Waals surface area (Å²) in [4.78, 5) is 11.3. The van der Waals surface area contributed by atoms with Crippen LogP contribution in [0.15, 0.2) is 71.6 Å². The average molecular weight is 410 g/mol. The van der Waals surface area contributed by atoms with E-state index in [1.165, 1.54) is 10.9 Å². The normalized spacial score (nSPS) is 11.5. The lowest BCUT2D eigenvalue weighted by atomic mass is 10.2. The van der Waals surface area contributed by atoms with Gasteiger partial charge in [-0.2, -0.15) is 8.42 Å². The van der Waals surface area contributed by atoms with Crippen LogP contribution in [0.1, 0.15) is 5.56 Å². The van der Waals surface area contributed by atoms with Crippen molar-refractivity contribution in [3.05, 3.63) is 82.4 Å². The summed E-state index contributed by atoms with van der Waals surface area (Å²) in [7, 11) is -4.22. The molecule has 0 aliphatic rings. The Balaban J connectivity index is 1.74. The van der Waals surface area contributed by atoms with Crippen molar-refractivity contribution in [1.82, 2.24) is 15.0 Å². The molecule has 0 aliphatic heterocycles. The summed E-state index contributed by atoms with van der Waals surface area (Å²) in [5.74, 6) is 0.0364. The summed E-state index contributed by atoms with van der Waals surface area (Å²) in [6.45, 7) is 1.85. The Bertz CT molecular complexity index is 1300. The highest BCUT2D eigenvalue weighted by molar-refractivity contribution is 7.87. The van der Waals surface area contributed by atoms with Crippen LogP contribution < -0.4 is 4.18 Å². The minimum absolute atomic E-state index is 0.0364. The van der Waals surface area contributed by atoms with Gasteiger partial charge in [-0.05, 0) is 48.9 Å². The Hall–Kier alpha value is -3.79. The van der Waals surface area contributed by atoms with Crippen molar-refractivity contribution in [3.63, 3.8) is 0 Å². The van der Waals surface area contributed by atoms with Crippen LogP contribution >= 0.6 is 0 Å². The van der Waals surface area contributed by atoms with Crippen LogP contribution in [0.2, 0.25) is 0 Å². The Labute approximate surface area is 165 Å². The molecular formula is C19H14N4O5S. The molecule has 0 amide bonds. The van der Waals surface area contributed by atoms with Gasteiger partial charge in [0.15, 0.2) is 5.75 Å². The van der Waals surface area contributed by atoms with Gasteiger partial charge >= 0.3 is 10.1 Å². The van der Waals surface area contributed by atoms with Crippen LogP contribution in [0.5, 0.6) is 5.75 Å². The van der Waals surface area contributed by atoms with Gasteiger partial charge in [-0.1, -0.05) is 18.2 Å². The second-order valence-corrected chi connectivity index (χ2v) is 7.78. The van der Waals surface area contributed by atoms with Gasteiger partial charge in [0, 0.05) is 12.1 Å². The van der Waals surface area contributed by atoms with Gasteiger partial charge < -0.3 is 4.18 Å². The van der Waals surface area contributed by atoms with Crippen molar-refractivity contribution in [2.45, 2.75) is 11.8 Å². The van der Waals surface area contributed by atoms with E-state index < -0.39 is 15.0 Å². The lowest BCUT2D eigenvalue weighted by molar-refractivity contribution is -0.384. The van der Waals surface area contributed by atoms with E-state index >= 15 is 0 Å². The Kier molecular flexibility index (Phi) is 4.47. The van der Waals surface area contributed by atoms with Gasteiger partial charge in [0.2, 0.25) is 0 Å². The van der Waals surface area contributed by atoms with Crippen molar-refractivity contribution in [1.29, 1.82) is 0 Å². The van der Waals surface area contributed by atoms with Gasteiger partial charge in [-0.15, -0.1) is 15.0 Å². The predicted molar refractivity (Wildman–Crippen MR) is 105 cm³/mol. The zero-order valence-electron chi connectivity index (χ0n) is 15.1. The molecule has 0 bridgehead atoms. The minimum atomic E-state index is -4.22. The minimum Gasteiger partial charge on any atom is -0.377 e. The molecule has 0 N–H and O–H groups in total. The third-order valence-corrected chi connectivity index (χ3v) is 5.40. The molecule has 9 nitrogen and oxygen atoms in total. The Morgan fingerprint density at radius 1 is 0.966 bits per heavy atom. The predicted octanol–water partition coefficient (Wildman–Crippen LogP) is 3.40. The molecule has 29 heavy (non-hydrogen) atoms. The summed E-state index contributed by atoms with van der Waals surface area (Å²) in [6, 6.07) is 16.6. The molecule has 3 aromatic carbocycles. The van der Waals surface area contributed by atoms with Crippen molar-refractivity contribution in [2.24, 2.45) is 0 Å². The average Bonchev–Trinajstić information content (AvgIpc) is 3.13. The molecule has 0 radical (unpaired) electrons. The van der Waals surface area contributed by atoms with Crippen LogP contribution in [-0.4, -0.2) is 28.3 Å². The number of nitro groups is 1. The van der Waals surface area contributed by atoms with E-state index in [-0.39, 0.29) is 16.3 Å². The van der Waals surface area contributed by atoms with Crippen LogP contribution in [0.3, 0.4) is 0 Å². The van der Waals surface area contributed by atoms with Crippen molar-refractivity contribution in [2.75, 3.05) is 0 Å². The maximum Gasteiger partial charge on any atom is 0.339 e. The number of rotatable bonds is 5.